The largest absolute Gasteiger partial charge is 0.378 e. The fourth-order valence-electron chi connectivity index (χ4n) is 2.78. The molecule has 0 fully saturated rings. The molecule has 0 radical (unpaired) electrons. The Kier molecular flexibility index (Phi) is 7.59. The molecule has 0 unspecified atom stereocenters. The first-order valence-corrected chi connectivity index (χ1v) is 12.2. The summed E-state index contributed by atoms with van der Waals surface area (Å²) in [7, 11) is -4.02. The Morgan fingerprint density at radius 3 is 2.42 bits per heavy atom. The van der Waals surface area contributed by atoms with Gasteiger partial charge in [0.25, 0.3) is 5.91 Å². The van der Waals surface area contributed by atoms with Crippen LogP contribution in [0.25, 0.3) is 6.08 Å². The molecule has 6 nitrogen and oxygen atoms in total. The second-order valence-corrected chi connectivity index (χ2v) is 9.96. The third-order valence-corrected chi connectivity index (χ3v) is 6.69. The molecule has 0 aromatic heterocycles. The Balaban J connectivity index is 1.81. The summed E-state index contributed by atoms with van der Waals surface area (Å²) in [4.78, 5) is 12.6. The van der Waals surface area contributed by atoms with Gasteiger partial charge in [0, 0.05) is 10.7 Å². The number of amides is 1. The van der Waals surface area contributed by atoms with E-state index in [1.54, 1.807) is 42.5 Å². The zero-order chi connectivity index (χ0) is 24.2. The van der Waals surface area contributed by atoms with Gasteiger partial charge in [0.15, 0.2) is 5.75 Å². The van der Waals surface area contributed by atoms with Crippen LogP contribution in [0.4, 0.5) is 5.69 Å². The molecule has 0 saturated carbocycles. The zero-order valence-corrected chi connectivity index (χ0v) is 20.8. The van der Waals surface area contributed by atoms with E-state index in [2.05, 4.69) is 21.2 Å². The Morgan fingerprint density at radius 2 is 1.79 bits per heavy atom. The van der Waals surface area contributed by atoms with Gasteiger partial charge in [-0.05, 0) is 83.4 Å². The third kappa shape index (κ3) is 6.23. The van der Waals surface area contributed by atoms with E-state index in [1.807, 2.05) is 19.9 Å². The lowest BCUT2D eigenvalue weighted by atomic mass is 10.1. The SMILES string of the molecule is Cc1ccc(S(=O)(=O)Oc2ccc(/C=C(\C#N)C(=O)Nc3cc(Cl)ccc3C)cc2Br)cc1. The second-order valence-electron chi connectivity index (χ2n) is 7.12. The van der Waals surface area contributed by atoms with Gasteiger partial charge in [-0.2, -0.15) is 13.7 Å². The minimum absolute atomic E-state index is 0.0312. The number of benzene rings is 3. The van der Waals surface area contributed by atoms with Crippen LogP contribution in [0.2, 0.25) is 5.02 Å². The average Bonchev–Trinajstić information content (AvgIpc) is 2.76. The van der Waals surface area contributed by atoms with E-state index in [9.17, 15) is 18.5 Å². The first-order chi connectivity index (χ1) is 15.6. The van der Waals surface area contributed by atoms with E-state index in [1.165, 1.54) is 24.3 Å². The van der Waals surface area contributed by atoms with Crippen molar-refractivity contribution >= 4 is 55.3 Å². The van der Waals surface area contributed by atoms with Crippen molar-refractivity contribution in [1.29, 1.82) is 5.26 Å². The van der Waals surface area contributed by atoms with Gasteiger partial charge in [-0.1, -0.05) is 41.4 Å². The molecule has 0 saturated heterocycles. The second kappa shape index (κ2) is 10.2. The quantitative estimate of drug-likeness (QED) is 0.232. The van der Waals surface area contributed by atoms with Crippen molar-refractivity contribution in [1.82, 2.24) is 0 Å². The molecule has 3 rings (SSSR count). The van der Waals surface area contributed by atoms with Crippen molar-refractivity contribution in [2.45, 2.75) is 18.7 Å². The van der Waals surface area contributed by atoms with Gasteiger partial charge in [-0.3, -0.25) is 4.79 Å². The molecular formula is C24H18BrClN2O4S. The molecule has 1 N–H and O–H groups in total. The lowest BCUT2D eigenvalue weighted by Gasteiger charge is -2.10. The van der Waals surface area contributed by atoms with Crippen molar-refractivity contribution in [3.8, 4) is 11.8 Å². The third-order valence-electron chi connectivity index (χ3n) is 4.59. The van der Waals surface area contributed by atoms with Crippen molar-refractivity contribution in [3.63, 3.8) is 0 Å². The van der Waals surface area contributed by atoms with Crippen LogP contribution in [0.1, 0.15) is 16.7 Å². The van der Waals surface area contributed by atoms with Crippen molar-refractivity contribution < 1.29 is 17.4 Å². The number of rotatable bonds is 6. The molecule has 0 aliphatic carbocycles. The summed E-state index contributed by atoms with van der Waals surface area (Å²) in [5, 5.41) is 12.6. The number of hydrogen-bond donors (Lipinski definition) is 1. The lowest BCUT2D eigenvalue weighted by molar-refractivity contribution is -0.112. The summed E-state index contributed by atoms with van der Waals surface area (Å²) in [5.74, 6) is -0.522. The number of nitriles is 1. The molecule has 0 spiro atoms. The highest BCUT2D eigenvalue weighted by Gasteiger charge is 2.18. The van der Waals surface area contributed by atoms with E-state index in [0.29, 0.717) is 20.7 Å². The zero-order valence-electron chi connectivity index (χ0n) is 17.6. The topological polar surface area (TPSA) is 96.3 Å². The van der Waals surface area contributed by atoms with Crippen LogP contribution in [0.5, 0.6) is 5.75 Å². The molecule has 3 aromatic carbocycles. The lowest BCUT2D eigenvalue weighted by Crippen LogP contribution is -2.14. The maximum atomic E-state index is 12.6. The Labute approximate surface area is 205 Å². The standard InChI is InChI=1S/C24H18BrClN2O4S/c1-15-3-8-20(9-4-15)33(30,31)32-23-10-6-17(12-21(23)25)11-18(14-27)24(29)28-22-13-19(26)7-5-16(22)2/h3-13H,1-2H3,(H,28,29)/b18-11+. The van der Waals surface area contributed by atoms with Crippen LogP contribution in [-0.4, -0.2) is 14.3 Å². The maximum absolute atomic E-state index is 12.6. The van der Waals surface area contributed by atoms with Crippen LogP contribution in [0.3, 0.4) is 0 Å². The number of nitrogens with one attached hydrogen (secondary N) is 1. The van der Waals surface area contributed by atoms with Crippen LogP contribution in [-0.2, 0) is 14.9 Å². The molecule has 1 amide bonds. The Morgan fingerprint density at radius 1 is 1.09 bits per heavy atom. The molecule has 0 atom stereocenters. The Bertz CT molecular complexity index is 1390. The van der Waals surface area contributed by atoms with Gasteiger partial charge in [0.05, 0.1) is 4.47 Å². The van der Waals surface area contributed by atoms with Crippen molar-refractivity contribution in [2.24, 2.45) is 0 Å². The monoisotopic (exact) mass is 544 g/mol. The summed E-state index contributed by atoms with van der Waals surface area (Å²) in [5.41, 5.74) is 2.58. The predicted molar refractivity (Wildman–Crippen MR) is 132 cm³/mol. The van der Waals surface area contributed by atoms with E-state index < -0.39 is 16.0 Å². The van der Waals surface area contributed by atoms with Crippen molar-refractivity contribution in [2.75, 3.05) is 5.32 Å². The normalized spacial score (nSPS) is 11.5. The summed E-state index contributed by atoms with van der Waals surface area (Å²) in [6.07, 6.45) is 1.39. The summed E-state index contributed by atoms with van der Waals surface area (Å²) in [6, 6.07) is 17.8. The van der Waals surface area contributed by atoms with E-state index in [-0.39, 0.29) is 16.2 Å². The van der Waals surface area contributed by atoms with E-state index in [0.717, 1.165) is 11.1 Å². The van der Waals surface area contributed by atoms with Crippen LogP contribution in [0, 0.1) is 25.2 Å². The first kappa shape index (κ1) is 24.5. The molecule has 0 aliphatic rings. The van der Waals surface area contributed by atoms with Gasteiger partial charge in [-0.15, -0.1) is 0 Å². The summed E-state index contributed by atoms with van der Waals surface area (Å²) < 4.78 is 30.6. The number of nitrogens with zero attached hydrogens (tertiary/aromatic N) is 1. The number of hydrogen-bond acceptors (Lipinski definition) is 5. The maximum Gasteiger partial charge on any atom is 0.339 e. The smallest absolute Gasteiger partial charge is 0.339 e. The fourth-order valence-corrected chi connectivity index (χ4v) is 4.48. The molecule has 33 heavy (non-hydrogen) atoms. The number of carbonyl (C=O) groups excluding carboxylic acids is 1. The molecule has 0 aliphatic heterocycles. The molecule has 9 heteroatoms. The van der Waals surface area contributed by atoms with Crippen LogP contribution in [0.15, 0.2) is 75.6 Å². The number of aryl methyl sites for hydroxylation is 2. The minimum atomic E-state index is -4.02. The number of anilines is 1. The van der Waals surface area contributed by atoms with Gasteiger partial charge < -0.3 is 9.50 Å². The van der Waals surface area contributed by atoms with Gasteiger partial charge >= 0.3 is 10.1 Å². The summed E-state index contributed by atoms with van der Waals surface area (Å²) in [6.45, 7) is 3.66. The first-order valence-electron chi connectivity index (χ1n) is 9.59. The van der Waals surface area contributed by atoms with Gasteiger partial charge in [-0.25, -0.2) is 0 Å². The van der Waals surface area contributed by atoms with Crippen LogP contribution < -0.4 is 9.50 Å². The van der Waals surface area contributed by atoms with Crippen LogP contribution >= 0.6 is 27.5 Å². The summed E-state index contributed by atoms with van der Waals surface area (Å²) >= 11 is 9.26. The minimum Gasteiger partial charge on any atom is -0.378 e. The van der Waals surface area contributed by atoms with E-state index in [4.69, 9.17) is 15.8 Å². The highest BCUT2D eigenvalue weighted by molar-refractivity contribution is 9.10. The number of carbonyl (C=O) groups is 1. The molecule has 0 bridgehead atoms. The predicted octanol–water partition coefficient (Wildman–Crippen LogP) is 6.03. The van der Waals surface area contributed by atoms with Crippen molar-refractivity contribution in [3.05, 3.63) is 92.4 Å². The number of halogens is 2. The molecule has 168 valence electrons. The van der Waals surface area contributed by atoms with Gasteiger partial charge in [0.1, 0.15) is 16.5 Å². The molecule has 0 heterocycles. The average molecular weight is 546 g/mol. The van der Waals surface area contributed by atoms with Gasteiger partial charge in [0.2, 0.25) is 0 Å². The van der Waals surface area contributed by atoms with E-state index >= 15 is 0 Å². The highest BCUT2D eigenvalue weighted by Crippen LogP contribution is 2.30. The molecule has 3 aromatic rings. The fraction of sp³-hybridized carbons (Fsp3) is 0.0833. The highest BCUT2D eigenvalue weighted by atomic mass is 79.9. The molecular weight excluding hydrogens is 528 g/mol. The Hall–Kier alpha value is -3.12.